The highest BCUT2D eigenvalue weighted by Crippen LogP contribution is 2.24. The highest BCUT2D eigenvalue weighted by Gasteiger charge is 2.20. The number of carbonyl (C=O) groups excluding carboxylic acids is 1. The van der Waals surface area contributed by atoms with E-state index in [1.807, 2.05) is 13.8 Å². The van der Waals surface area contributed by atoms with Crippen molar-refractivity contribution < 1.29 is 18.3 Å². The molecule has 0 bridgehead atoms. The smallest absolute Gasteiger partial charge is 0.260 e. The summed E-state index contributed by atoms with van der Waals surface area (Å²) in [6.45, 7) is 6.05. The van der Waals surface area contributed by atoms with E-state index in [0.29, 0.717) is 18.0 Å². The summed E-state index contributed by atoms with van der Waals surface area (Å²) in [5, 5.41) is 2.67. The SMILES string of the molecule is CC(C)CCNC(=O)C(C)Oc1c(F)cc(CN)cc1F. The first-order valence-electron chi connectivity index (χ1n) is 6.97. The van der Waals surface area contributed by atoms with Gasteiger partial charge in [0.1, 0.15) is 0 Å². The molecule has 1 amide bonds. The molecule has 1 aromatic carbocycles. The van der Waals surface area contributed by atoms with Gasteiger partial charge in [0, 0.05) is 13.1 Å². The second-order valence-corrected chi connectivity index (χ2v) is 5.33. The van der Waals surface area contributed by atoms with E-state index in [9.17, 15) is 13.6 Å². The molecule has 0 aliphatic carbocycles. The molecular formula is C15H22F2N2O2. The van der Waals surface area contributed by atoms with Gasteiger partial charge in [-0.15, -0.1) is 0 Å². The van der Waals surface area contributed by atoms with E-state index in [2.05, 4.69) is 5.32 Å². The van der Waals surface area contributed by atoms with Gasteiger partial charge in [-0.05, 0) is 37.0 Å². The summed E-state index contributed by atoms with van der Waals surface area (Å²) in [5.41, 5.74) is 5.65. The Hall–Kier alpha value is -1.69. The molecule has 1 rings (SSSR count). The van der Waals surface area contributed by atoms with Crippen LogP contribution in [0.25, 0.3) is 0 Å². The van der Waals surface area contributed by atoms with Gasteiger partial charge < -0.3 is 15.8 Å². The highest BCUT2D eigenvalue weighted by molar-refractivity contribution is 5.80. The molecule has 1 aromatic rings. The molecule has 1 atom stereocenters. The van der Waals surface area contributed by atoms with Gasteiger partial charge in [0.25, 0.3) is 5.91 Å². The zero-order valence-electron chi connectivity index (χ0n) is 12.6. The molecule has 21 heavy (non-hydrogen) atoms. The van der Waals surface area contributed by atoms with E-state index < -0.39 is 29.4 Å². The summed E-state index contributed by atoms with van der Waals surface area (Å²) < 4.78 is 32.5. The second-order valence-electron chi connectivity index (χ2n) is 5.33. The predicted molar refractivity (Wildman–Crippen MR) is 76.8 cm³/mol. The third-order valence-electron chi connectivity index (χ3n) is 2.98. The van der Waals surface area contributed by atoms with Gasteiger partial charge in [0.2, 0.25) is 0 Å². The van der Waals surface area contributed by atoms with Crippen LogP contribution in [-0.4, -0.2) is 18.6 Å². The minimum absolute atomic E-state index is 0.0271. The van der Waals surface area contributed by atoms with E-state index >= 15 is 0 Å². The van der Waals surface area contributed by atoms with Crippen molar-refractivity contribution in [2.24, 2.45) is 11.7 Å². The molecule has 6 heteroatoms. The molecule has 4 nitrogen and oxygen atoms in total. The molecule has 0 spiro atoms. The van der Waals surface area contributed by atoms with Crippen LogP contribution in [0.15, 0.2) is 12.1 Å². The lowest BCUT2D eigenvalue weighted by molar-refractivity contribution is -0.127. The summed E-state index contributed by atoms with van der Waals surface area (Å²) in [4.78, 5) is 11.8. The Morgan fingerprint density at radius 3 is 2.33 bits per heavy atom. The Morgan fingerprint density at radius 2 is 1.86 bits per heavy atom. The van der Waals surface area contributed by atoms with Crippen molar-refractivity contribution in [2.45, 2.75) is 39.8 Å². The van der Waals surface area contributed by atoms with Crippen molar-refractivity contribution >= 4 is 5.91 Å². The summed E-state index contributed by atoms with van der Waals surface area (Å²) in [6.07, 6.45) is -0.156. The van der Waals surface area contributed by atoms with Crippen LogP contribution in [0.4, 0.5) is 8.78 Å². The van der Waals surface area contributed by atoms with Crippen LogP contribution in [0.1, 0.15) is 32.8 Å². The number of nitrogens with two attached hydrogens (primary N) is 1. The Morgan fingerprint density at radius 1 is 1.29 bits per heavy atom. The van der Waals surface area contributed by atoms with E-state index in [1.54, 1.807) is 0 Å². The van der Waals surface area contributed by atoms with E-state index in [-0.39, 0.29) is 6.54 Å². The van der Waals surface area contributed by atoms with Crippen LogP contribution in [0.2, 0.25) is 0 Å². The lowest BCUT2D eigenvalue weighted by Crippen LogP contribution is -2.37. The van der Waals surface area contributed by atoms with Crippen molar-refractivity contribution in [1.29, 1.82) is 0 Å². The van der Waals surface area contributed by atoms with E-state index in [1.165, 1.54) is 6.92 Å². The number of halogens is 2. The van der Waals surface area contributed by atoms with Crippen molar-refractivity contribution in [1.82, 2.24) is 5.32 Å². The van der Waals surface area contributed by atoms with Gasteiger partial charge in [0.05, 0.1) is 0 Å². The minimum Gasteiger partial charge on any atom is -0.475 e. The predicted octanol–water partition coefficient (Wildman–Crippen LogP) is 2.35. The first-order valence-corrected chi connectivity index (χ1v) is 6.97. The third kappa shape index (κ3) is 5.30. The molecule has 0 saturated heterocycles. The van der Waals surface area contributed by atoms with E-state index in [4.69, 9.17) is 10.5 Å². The Labute approximate surface area is 123 Å². The lowest BCUT2D eigenvalue weighted by atomic mass is 10.1. The molecule has 0 saturated carbocycles. The Kier molecular flexibility index (Phi) is 6.55. The summed E-state index contributed by atoms with van der Waals surface area (Å²) in [6, 6.07) is 2.20. The van der Waals surface area contributed by atoms with Gasteiger partial charge >= 0.3 is 0 Å². The molecule has 0 fully saturated rings. The number of benzene rings is 1. The number of rotatable bonds is 7. The number of hydrogen-bond donors (Lipinski definition) is 2. The average molecular weight is 300 g/mol. The van der Waals surface area contributed by atoms with Crippen LogP contribution in [0.3, 0.4) is 0 Å². The fourth-order valence-corrected chi connectivity index (χ4v) is 1.70. The quantitative estimate of drug-likeness (QED) is 0.812. The molecule has 0 aromatic heterocycles. The van der Waals surface area contributed by atoms with Crippen molar-refractivity contribution in [3.05, 3.63) is 29.3 Å². The van der Waals surface area contributed by atoms with Crippen LogP contribution in [0, 0.1) is 17.6 Å². The Bertz CT molecular complexity index is 470. The third-order valence-corrected chi connectivity index (χ3v) is 2.98. The van der Waals surface area contributed by atoms with Gasteiger partial charge in [-0.2, -0.15) is 0 Å². The number of nitrogens with one attached hydrogen (secondary N) is 1. The molecule has 0 aliphatic heterocycles. The minimum atomic E-state index is -0.982. The zero-order valence-corrected chi connectivity index (χ0v) is 12.6. The lowest BCUT2D eigenvalue weighted by Gasteiger charge is -2.16. The van der Waals surface area contributed by atoms with Gasteiger partial charge in [-0.1, -0.05) is 13.8 Å². The van der Waals surface area contributed by atoms with Crippen LogP contribution in [0.5, 0.6) is 5.75 Å². The van der Waals surface area contributed by atoms with Gasteiger partial charge in [-0.3, -0.25) is 4.79 Å². The van der Waals surface area contributed by atoms with E-state index in [0.717, 1.165) is 18.6 Å². The topological polar surface area (TPSA) is 64.3 Å². The second kappa shape index (κ2) is 7.93. The number of carbonyl (C=O) groups is 1. The molecule has 0 aliphatic rings. The van der Waals surface area contributed by atoms with Gasteiger partial charge in [-0.25, -0.2) is 8.78 Å². The maximum atomic E-state index is 13.7. The zero-order chi connectivity index (χ0) is 16.0. The molecule has 3 N–H and O–H groups in total. The fraction of sp³-hybridized carbons (Fsp3) is 0.533. The van der Waals surface area contributed by atoms with Crippen LogP contribution in [-0.2, 0) is 11.3 Å². The number of amides is 1. The molecule has 1 unspecified atom stereocenters. The monoisotopic (exact) mass is 300 g/mol. The average Bonchev–Trinajstić information content (AvgIpc) is 2.41. The molecule has 0 radical (unpaired) electrons. The number of ether oxygens (including phenoxy) is 1. The molecular weight excluding hydrogens is 278 g/mol. The summed E-state index contributed by atoms with van der Waals surface area (Å²) in [7, 11) is 0. The van der Waals surface area contributed by atoms with Gasteiger partial charge in [0.15, 0.2) is 23.5 Å². The first kappa shape index (κ1) is 17.4. The standard InChI is InChI=1S/C15H22F2N2O2/c1-9(2)4-5-19-15(20)10(3)21-14-12(16)6-11(8-18)7-13(14)17/h6-7,9-10H,4-5,8,18H2,1-3H3,(H,19,20). The normalized spacial score (nSPS) is 12.3. The van der Waals surface area contributed by atoms with Crippen molar-refractivity contribution in [3.8, 4) is 5.75 Å². The first-order chi connectivity index (χ1) is 9.85. The molecule has 0 heterocycles. The fourth-order valence-electron chi connectivity index (χ4n) is 1.70. The summed E-state index contributed by atoms with van der Waals surface area (Å²) in [5.74, 6) is -2.23. The highest BCUT2D eigenvalue weighted by atomic mass is 19.1. The largest absolute Gasteiger partial charge is 0.475 e. The maximum Gasteiger partial charge on any atom is 0.260 e. The molecule has 118 valence electrons. The van der Waals surface area contributed by atoms with Crippen LogP contribution >= 0.6 is 0 Å². The maximum absolute atomic E-state index is 13.7. The van der Waals surface area contributed by atoms with Crippen molar-refractivity contribution in [3.63, 3.8) is 0 Å². The number of hydrogen-bond acceptors (Lipinski definition) is 3. The van der Waals surface area contributed by atoms with Crippen molar-refractivity contribution in [2.75, 3.05) is 6.54 Å². The summed E-state index contributed by atoms with van der Waals surface area (Å²) >= 11 is 0. The Balaban J connectivity index is 2.66. The van der Waals surface area contributed by atoms with Crippen LogP contribution < -0.4 is 15.8 Å².